The summed E-state index contributed by atoms with van der Waals surface area (Å²) in [6.07, 6.45) is 1.96. The molecule has 1 aromatic carbocycles. The summed E-state index contributed by atoms with van der Waals surface area (Å²) >= 11 is 5.74. The average Bonchev–Trinajstić information content (AvgIpc) is 2.85. The molecule has 0 aliphatic carbocycles. The van der Waals surface area contributed by atoms with Gasteiger partial charge in [-0.3, -0.25) is 4.79 Å². The van der Waals surface area contributed by atoms with Crippen molar-refractivity contribution in [2.45, 2.75) is 25.8 Å². The normalized spacial score (nSPS) is 18.2. The highest BCUT2D eigenvalue weighted by Crippen LogP contribution is 2.32. The SMILES string of the molecule is CC1CCc2ccccc2N1C(=O)c1ccc(Cl)o1. The Hall–Kier alpha value is -1.74. The lowest BCUT2D eigenvalue weighted by molar-refractivity contribution is 0.0948. The monoisotopic (exact) mass is 275 g/mol. The van der Waals surface area contributed by atoms with Crippen LogP contribution in [-0.2, 0) is 6.42 Å². The number of nitrogens with zero attached hydrogens (tertiary/aromatic N) is 1. The van der Waals surface area contributed by atoms with E-state index in [4.69, 9.17) is 16.0 Å². The molecule has 1 amide bonds. The fraction of sp³-hybridized carbons (Fsp3) is 0.267. The van der Waals surface area contributed by atoms with Crippen molar-refractivity contribution in [3.63, 3.8) is 0 Å². The van der Waals surface area contributed by atoms with Crippen LogP contribution in [0.2, 0.25) is 5.22 Å². The number of hydrogen-bond donors (Lipinski definition) is 0. The van der Waals surface area contributed by atoms with E-state index in [-0.39, 0.29) is 22.9 Å². The van der Waals surface area contributed by atoms with E-state index in [2.05, 4.69) is 13.0 Å². The summed E-state index contributed by atoms with van der Waals surface area (Å²) in [5.74, 6) is 0.153. The zero-order chi connectivity index (χ0) is 13.4. The predicted octanol–water partition coefficient (Wildman–Crippen LogP) is 3.91. The van der Waals surface area contributed by atoms with Crippen molar-refractivity contribution in [1.29, 1.82) is 0 Å². The Morgan fingerprint density at radius 3 is 2.84 bits per heavy atom. The number of anilines is 1. The lowest BCUT2D eigenvalue weighted by Crippen LogP contribution is -2.41. The first-order valence-electron chi connectivity index (χ1n) is 6.33. The van der Waals surface area contributed by atoms with Gasteiger partial charge in [0.2, 0.25) is 0 Å². The van der Waals surface area contributed by atoms with E-state index in [9.17, 15) is 4.79 Å². The maximum atomic E-state index is 12.6. The molecule has 1 aliphatic heterocycles. The third kappa shape index (κ3) is 2.15. The molecule has 0 radical (unpaired) electrons. The van der Waals surface area contributed by atoms with Gasteiger partial charge in [-0.25, -0.2) is 0 Å². The maximum absolute atomic E-state index is 12.6. The first-order valence-corrected chi connectivity index (χ1v) is 6.71. The Balaban J connectivity index is 2.02. The highest BCUT2D eigenvalue weighted by atomic mass is 35.5. The average molecular weight is 276 g/mol. The summed E-state index contributed by atoms with van der Waals surface area (Å²) < 4.78 is 5.24. The first-order chi connectivity index (χ1) is 9.16. The fourth-order valence-electron chi connectivity index (χ4n) is 2.55. The largest absolute Gasteiger partial charge is 0.440 e. The van der Waals surface area contributed by atoms with Crippen LogP contribution in [0.4, 0.5) is 5.69 Å². The van der Waals surface area contributed by atoms with E-state index in [1.807, 2.05) is 18.2 Å². The minimum absolute atomic E-state index is 0.133. The predicted molar refractivity (Wildman–Crippen MR) is 74.8 cm³/mol. The van der Waals surface area contributed by atoms with Crippen LogP contribution in [0.1, 0.15) is 29.5 Å². The maximum Gasteiger partial charge on any atom is 0.294 e. The Kier molecular flexibility index (Phi) is 3.07. The molecule has 3 rings (SSSR count). The van der Waals surface area contributed by atoms with Crippen LogP contribution in [0.3, 0.4) is 0 Å². The number of carbonyl (C=O) groups is 1. The summed E-state index contributed by atoms with van der Waals surface area (Å²) in [7, 11) is 0. The Bertz CT molecular complexity index is 620. The van der Waals surface area contributed by atoms with Crippen LogP contribution < -0.4 is 4.90 Å². The summed E-state index contributed by atoms with van der Waals surface area (Å²) in [4.78, 5) is 14.4. The Morgan fingerprint density at radius 2 is 2.11 bits per heavy atom. The number of fused-ring (bicyclic) bond motifs is 1. The number of furan rings is 1. The molecular weight excluding hydrogens is 262 g/mol. The van der Waals surface area contributed by atoms with Crippen molar-refractivity contribution in [3.8, 4) is 0 Å². The molecule has 0 bridgehead atoms. The number of benzene rings is 1. The van der Waals surface area contributed by atoms with Gasteiger partial charge in [0, 0.05) is 11.7 Å². The second kappa shape index (κ2) is 4.74. The molecule has 1 atom stereocenters. The molecule has 1 unspecified atom stereocenters. The Labute approximate surface area is 116 Å². The van der Waals surface area contributed by atoms with Crippen molar-refractivity contribution in [3.05, 3.63) is 52.9 Å². The number of halogens is 1. The molecule has 19 heavy (non-hydrogen) atoms. The molecule has 0 saturated heterocycles. The van der Waals surface area contributed by atoms with Gasteiger partial charge in [0.05, 0.1) is 0 Å². The van der Waals surface area contributed by atoms with Gasteiger partial charge in [-0.1, -0.05) is 18.2 Å². The fourth-order valence-corrected chi connectivity index (χ4v) is 2.69. The van der Waals surface area contributed by atoms with Gasteiger partial charge in [-0.05, 0) is 55.1 Å². The molecule has 0 fully saturated rings. The highest BCUT2D eigenvalue weighted by Gasteiger charge is 2.30. The molecular formula is C15H14ClNO2. The minimum atomic E-state index is -0.133. The molecule has 0 saturated carbocycles. The molecule has 98 valence electrons. The Morgan fingerprint density at radius 1 is 1.32 bits per heavy atom. The second-order valence-corrected chi connectivity index (χ2v) is 5.17. The van der Waals surface area contributed by atoms with Crippen LogP contribution in [0.25, 0.3) is 0 Å². The van der Waals surface area contributed by atoms with Crippen molar-refractivity contribution >= 4 is 23.2 Å². The third-order valence-electron chi connectivity index (χ3n) is 3.53. The van der Waals surface area contributed by atoms with Gasteiger partial charge in [-0.15, -0.1) is 0 Å². The molecule has 2 aromatic rings. The first kappa shape index (κ1) is 12.3. The van der Waals surface area contributed by atoms with Crippen LogP contribution in [-0.4, -0.2) is 11.9 Å². The van der Waals surface area contributed by atoms with Crippen molar-refractivity contribution < 1.29 is 9.21 Å². The van der Waals surface area contributed by atoms with E-state index in [1.54, 1.807) is 17.0 Å². The summed E-state index contributed by atoms with van der Waals surface area (Å²) in [5, 5.41) is 0.237. The van der Waals surface area contributed by atoms with E-state index in [0.717, 1.165) is 18.5 Å². The summed E-state index contributed by atoms with van der Waals surface area (Å²) in [5.41, 5.74) is 2.17. The quantitative estimate of drug-likeness (QED) is 0.790. The van der Waals surface area contributed by atoms with Crippen molar-refractivity contribution in [2.75, 3.05) is 4.90 Å². The number of amides is 1. The molecule has 3 nitrogen and oxygen atoms in total. The molecule has 0 spiro atoms. The van der Waals surface area contributed by atoms with Gasteiger partial charge in [0.1, 0.15) is 0 Å². The van der Waals surface area contributed by atoms with Crippen molar-refractivity contribution in [1.82, 2.24) is 0 Å². The number of carbonyl (C=O) groups excluding carboxylic acids is 1. The van der Waals surface area contributed by atoms with Crippen LogP contribution in [0.15, 0.2) is 40.8 Å². The van der Waals surface area contributed by atoms with Gasteiger partial charge < -0.3 is 9.32 Å². The van der Waals surface area contributed by atoms with Gasteiger partial charge in [-0.2, -0.15) is 0 Å². The number of para-hydroxylation sites is 1. The van der Waals surface area contributed by atoms with Gasteiger partial charge >= 0.3 is 0 Å². The lowest BCUT2D eigenvalue weighted by Gasteiger charge is -2.34. The summed E-state index contributed by atoms with van der Waals surface area (Å²) in [6.45, 7) is 2.05. The van der Waals surface area contributed by atoms with Crippen LogP contribution in [0, 0.1) is 0 Å². The van der Waals surface area contributed by atoms with Crippen LogP contribution >= 0.6 is 11.6 Å². The number of hydrogen-bond acceptors (Lipinski definition) is 2. The standard InChI is InChI=1S/C15H14ClNO2/c1-10-6-7-11-4-2-3-5-12(11)17(10)15(18)13-8-9-14(16)19-13/h2-5,8-10H,6-7H2,1H3. The number of aryl methyl sites for hydroxylation is 1. The lowest BCUT2D eigenvalue weighted by atomic mass is 9.96. The van der Waals surface area contributed by atoms with Crippen molar-refractivity contribution in [2.24, 2.45) is 0 Å². The van der Waals surface area contributed by atoms with E-state index in [1.165, 1.54) is 5.56 Å². The van der Waals surface area contributed by atoms with Gasteiger partial charge in [0.25, 0.3) is 5.91 Å². The molecule has 0 N–H and O–H groups in total. The highest BCUT2D eigenvalue weighted by molar-refractivity contribution is 6.29. The zero-order valence-corrected chi connectivity index (χ0v) is 11.4. The molecule has 1 aliphatic rings. The van der Waals surface area contributed by atoms with E-state index < -0.39 is 0 Å². The topological polar surface area (TPSA) is 33.5 Å². The molecule has 2 heterocycles. The van der Waals surface area contributed by atoms with E-state index >= 15 is 0 Å². The summed E-state index contributed by atoms with van der Waals surface area (Å²) in [6, 6.07) is 11.4. The third-order valence-corrected chi connectivity index (χ3v) is 3.73. The van der Waals surface area contributed by atoms with E-state index in [0.29, 0.717) is 0 Å². The smallest absolute Gasteiger partial charge is 0.294 e. The minimum Gasteiger partial charge on any atom is -0.440 e. The molecule has 1 aromatic heterocycles. The molecule has 4 heteroatoms. The second-order valence-electron chi connectivity index (χ2n) is 4.80. The zero-order valence-electron chi connectivity index (χ0n) is 10.6. The van der Waals surface area contributed by atoms with Gasteiger partial charge in [0.15, 0.2) is 11.0 Å². The van der Waals surface area contributed by atoms with Crippen LogP contribution in [0.5, 0.6) is 0 Å². The number of rotatable bonds is 1.